The zero-order valence-corrected chi connectivity index (χ0v) is 12.2. The second kappa shape index (κ2) is 13.8. The predicted molar refractivity (Wildman–Crippen MR) is 77.5 cm³/mol. The second-order valence-corrected chi connectivity index (χ2v) is 4.93. The average Bonchev–Trinajstić information content (AvgIpc) is 2.34. The first-order valence-electron chi connectivity index (χ1n) is 7.57. The van der Waals surface area contributed by atoms with Gasteiger partial charge in [0.05, 0.1) is 6.10 Å². The van der Waals surface area contributed by atoms with Crippen molar-refractivity contribution < 1.29 is 4.74 Å². The zero-order valence-electron chi connectivity index (χ0n) is 12.2. The molecule has 0 aromatic rings. The Labute approximate surface area is 109 Å². The van der Waals surface area contributed by atoms with Crippen LogP contribution in [0.4, 0.5) is 0 Å². The maximum absolute atomic E-state index is 5.65. The number of rotatable bonds is 12. The first kappa shape index (κ1) is 16.7. The Bertz CT molecular complexity index is 163. The van der Waals surface area contributed by atoms with Crippen LogP contribution in [0.25, 0.3) is 0 Å². The van der Waals surface area contributed by atoms with Gasteiger partial charge in [-0.2, -0.15) is 0 Å². The first-order valence-corrected chi connectivity index (χ1v) is 7.57. The quantitative estimate of drug-likeness (QED) is 0.323. The molecular formula is C16H32O. The van der Waals surface area contributed by atoms with E-state index in [4.69, 9.17) is 4.74 Å². The van der Waals surface area contributed by atoms with Crippen LogP contribution in [0.15, 0.2) is 12.2 Å². The Balaban J connectivity index is 3.14. The summed E-state index contributed by atoms with van der Waals surface area (Å²) < 4.78 is 5.65. The van der Waals surface area contributed by atoms with Crippen molar-refractivity contribution >= 4 is 0 Å². The third-order valence-corrected chi connectivity index (χ3v) is 2.98. The minimum atomic E-state index is 0.454. The molecule has 0 saturated carbocycles. The van der Waals surface area contributed by atoms with E-state index in [1.807, 2.05) is 0 Å². The summed E-state index contributed by atoms with van der Waals surface area (Å²) in [6.45, 7) is 7.52. The van der Waals surface area contributed by atoms with Gasteiger partial charge in [-0.1, -0.05) is 51.7 Å². The van der Waals surface area contributed by atoms with Crippen molar-refractivity contribution in [1.29, 1.82) is 0 Å². The van der Waals surface area contributed by atoms with Crippen molar-refractivity contribution in [2.24, 2.45) is 0 Å². The fourth-order valence-corrected chi connectivity index (χ4v) is 1.83. The molecule has 1 atom stereocenters. The number of allylic oxidation sites excluding steroid dienone is 2. The monoisotopic (exact) mass is 240 g/mol. The normalized spacial score (nSPS) is 13.4. The van der Waals surface area contributed by atoms with Crippen LogP contribution in [0.3, 0.4) is 0 Å². The number of hydrogen-bond acceptors (Lipinski definition) is 1. The molecule has 0 N–H and O–H groups in total. The summed E-state index contributed by atoms with van der Waals surface area (Å²) in [5.74, 6) is 0. The van der Waals surface area contributed by atoms with Gasteiger partial charge in [0.1, 0.15) is 0 Å². The van der Waals surface area contributed by atoms with Gasteiger partial charge in [-0.3, -0.25) is 0 Å². The van der Waals surface area contributed by atoms with Crippen LogP contribution in [0.1, 0.15) is 78.6 Å². The summed E-state index contributed by atoms with van der Waals surface area (Å²) in [5, 5.41) is 0. The largest absolute Gasteiger partial charge is 0.379 e. The molecular weight excluding hydrogens is 208 g/mol. The Kier molecular flexibility index (Phi) is 13.5. The van der Waals surface area contributed by atoms with E-state index in [2.05, 4.69) is 32.9 Å². The average molecular weight is 240 g/mol. The van der Waals surface area contributed by atoms with E-state index in [0.717, 1.165) is 13.0 Å². The lowest BCUT2D eigenvalue weighted by Crippen LogP contribution is -2.08. The molecule has 0 amide bonds. The van der Waals surface area contributed by atoms with Gasteiger partial charge in [0.15, 0.2) is 0 Å². The zero-order chi connectivity index (χ0) is 12.8. The molecule has 0 heterocycles. The Morgan fingerprint density at radius 3 is 2.24 bits per heavy atom. The third kappa shape index (κ3) is 13.6. The van der Waals surface area contributed by atoms with Gasteiger partial charge in [0.25, 0.3) is 0 Å². The topological polar surface area (TPSA) is 9.23 Å². The molecule has 0 aliphatic heterocycles. The molecule has 0 spiro atoms. The molecule has 1 heteroatoms. The summed E-state index contributed by atoms with van der Waals surface area (Å²) in [6, 6.07) is 0. The molecule has 0 aromatic heterocycles. The van der Waals surface area contributed by atoms with Crippen molar-refractivity contribution in [2.75, 3.05) is 6.61 Å². The molecule has 0 aliphatic rings. The van der Waals surface area contributed by atoms with E-state index in [0.29, 0.717) is 6.10 Å². The standard InChI is InChI=1S/C16H32O/c1-4-6-7-8-9-10-11-12-13-14-16(3)17-15-5-2/h8-9,16H,4-7,10-15H2,1-3H3. The van der Waals surface area contributed by atoms with Crippen molar-refractivity contribution in [3.63, 3.8) is 0 Å². The second-order valence-electron chi connectivity index (χ2n) is 4.93. The van der Waals surface area contributed by atoms with Crippen molar-refractivity contribution in [1.82, 2.24) is 0 Å². The summed E-state index contributed by atoms with van der Waals surface area (Å²) in [4.78, 5) is 0. The van der Waals surface area contributed by atoms with E-state index in [9.17, 15) is 0 Å². The number of ether oxygens (including phenoxy) is 1. The highest BCUT2D eigenvalue weighted by molar-refractivity contribution is 4.81. The first-order chi connectivity index (χ1) is 8.31. The van der Waals surface area contributed by atoms with Gasteiger partial charge >= 0.3 is 0 Å². The van der Waals surface area contributed by atoms with E-state index in [1.54, 1.807) is 0 Å². The van der Waals surface area contributed by atoms with Crippen molar-refractivity contribution in [3.05, 3.63) is 12.2 Å². The molecule has 0 saturated heterocycles. The molecule has 0 aliphatic carbocycles. The smallest absolute Gasteiger partial charge is 0.0547 e. The highest BCUT2D eigenvalue weighted by Gasteiger charge is 2.00. The SMILES string of the molecule is CCCCC=CCCCCCC(C)OCCC. The molecule has 0 fully saturated rings. The molecule has 1 nitrogen and oxygen atoms in total. The van der Waals surface area contributed by atoms with Gasteiger partial charge in [-0.05, 0) is 39.0 Å². The summed E-state index contributed by atoms with van der Waals surface area (Å²) in [7, 11) is 0. The lowest BCUT2D eigenvalue weighted by molar-refractivity contribution is 0.0590. The third-order valence-electron chi connectivity index (χ3n) is 2.98. The summed E-state index contributed by atoms with van der Waals surface area (Å²) in [5.41, 5.74) is 0. The molecule has 0 bridgehead atoms. The van der Waals surface area contributed by atoms with Crippen LogP contribution in [-0.4, -0.2) is 12.7 Å². The van der Waals surface area contributed by atoms with Crippen LogP contribution in [0.5, 0.6) is 0 Å². The maximum Gasteiger partial charge on any atom is 0.0547 e. The molecule has 102 valence electrons. The van der Waals surface area contributed by atoms with Crippen LogP contribution in [-0.2, 0) is 4.74 Å². The van der Waals surface area contributed by atoms with E-state index in [1.165, 1.54) is 51.4 Å². The minimum Gasteiger partial charge on any atom is -0.379 e. The van der Waals surface area contributed by atoms with E-state index >= 15 is 0 Å². The van der Waals surface area contributed by atoms with Crippen LogP contribution in [0, 0.1) is 0 Å². The molecule has 0 aromatic carbocycles. The highest BCUT2D eigenvalue weighted by Crippen LogP contribution is 2.09. The fourth-order valence-electron chi connectivity index (χ4n) is 1.83. The predicted octanol–water partition coefficient (Wildman–Crippen LogP) is 5.50. The van der Waals surface area contributed by atoms with Crippen LogP contribution < -0.4 is 0 Å². The Morgan fingerprint density at radius 2 is 1.59 bits per heavy atom. The van der Waals surface area contributed by atoms with Crippen molar-refractivity contribution in [2.45, 2.75) is 84.7 Å². The van der Waals surface area contributed by atoms with Crippen LogP contribution in [0.2, 0.25) is 0 Å². The van der Waals surface area contributed by atoms with Crippen molar-refractivity contribution in [3.8, 4) is 0 Å². The summed E-state index contributed by atoms with van der Waals surface area (Å²) in [6.07, 6.45) is 16.7. The van der Waals surface area contributed by atoms with Gasteiger partial charge in [0, 0.05) is 6.61 Å². The van der Waals surface area contributed by atoms with E-state index in [-0.39, 0.29) is 0 Å². The van der Waals surface area contributed by atoms with Gasteiger partial charge in [-0.25, -0.2) is 0 Å². The maximum atomic E-state index is 5.65. The lowest BCUT2D eigenvalue weighted by atomic mass is 10.1. The number of unbranched alkanes of at least 4 members (excludes halogenated alkanes) is 5. The van der Waals surface area contributed by atoms with Gasteiger partial charge in [0.2, 0.25) is 0 Å². The van der Waals surface area contributed by atoms with Crippen LogP contribution >= 0.6 is 0 Å². The lowest BCUT2D eigenvalue weighted by Gasteiger charge is -2.11. The molecule has 17 heavy (non-hydrogen) atoms. The fraction of sp³-hybridized carbons (Fsp3) is 0.875. The van der Waals surface area contributed by atoms with Gasteiger partial charge < -0.3 is 4.74 Å². The highest BCUT2D eigenvalue weighted by atomic mass is 16.5. The summed E-state index contributed by atoms with van der Waals surface area (Å²) >= 11 is 0. The molecule has 1 unspecified atom stereocenters. The molecule has 0 rings (SSSR count). The Hall–Kier alpha value is -0.300. The van der Waals surface area contributed by atoms with E-state index < -0.39 is 0 Å². The Morgan fingerprint density at radius 1 is 0.882 bits per heavy atom. The minimum absolute atomic E-state index is 0.454. The number of hydrogen-bond donors (Lipinski definition) is 0. The van der Waals surface area contributed by atoms with Gasteiger partial charge in [-0.15, -0.1) is 0 Å². The molecule has 0 radical (unpaired) electrons.